The number of fused-ring (bicyclic) bond motifs is 1. The zero-order chi connectivity index (χ0) is 28.9. The van der Waals surface area contributed by atoms with Crippen molar-refractivity contribution in [2.45, 2.75) is 105 Å². The number of hydrogen-bond acceptors (Lipinski definition) is 4. The number of aromatic nitrogens is 2. The molecule has 0 radical (unpaired) electrons. The van der Waals surface area contributed by atoms with Crippen LogP contribution in [-0.2, 0) is 12.0 Å². The van der Waals surface area contributed by atoms with Gasteiger partial charge in [-0.3, -0.25) is 0 Å². The second kappa shape index (κ2) is 12.9. The number of rotatable bonds is 12. The van der Waals surface area contributed by atoms with Crippen molar-refractivity contribution in [3.05, 3.63) is 72.3 Å². The van der Waals surface area contributed by atoms with Gasteiger partial charge in [-0.2, -0.15) is 0 Å². The molecule has 214 valence electrons. The Morgan fingerprint density at radius 2 is 1.60 bits per heavy atom. The Labute approximate surface area is 240 Å². The summed E-state index contributed by atoms with van der Waals surface area (Å²) in [7, 11) is 0. The lowest BCUT2D eigenvalue weighted by Crippen LogP contribution is -2.35. The van der Waals surface area contributed by atoms with Crippen LogP contribution in [0.3, 0.4) is 0 Å². The average Bonchev–Trinajstić information content (AvgIpc) is 3.24. The molecular formula is C35H47N3O2. The summed E-state index contributed by atoms with van der Waals surface area (Å²) in [6.45, 7) is 18.5. The van der Waals surface area contributed by atoms with Gasteiger partial charge in [-0.25, -0.2) is 4.98 Å². The van der Waals surface area contributed by atoms with Crippen LogP contribution in [0.4, 0.5) is 0 Å². The number of ether oxygens (including phenoxy) is 2. The third-order valence-electron chi connectivity index (χ3n) is 7.14. The average molecular weight is 542 g/mol. The molecule has 1 N–H and O–H groups in total. The summed E-state index contributed by atoms with van der Waals surface area (Å²) in [6.07, 6.45) is 3.24. The topological polar surface area (TPSA) is 48.3 Å². The number of nitrogens with zero attached hydrogens (tertiary/aromatic N) is 2. The summed E-state index contributed by atoms with van der Waals surface area (Å²) in [4.78, 5) is 5.07. The Morgan fingerprint density at radius 3 is 2.27 bits per heavy atom. The van der Waals surface area contributed by atoms with Crippen molar-refractivity contribution in [2.75, 3.05) is 0 Å². The van der Waals surface area contributed by atoms with Crippen LogP contribution in [0.1, 0.15) is 80.2 Å². The first-order valence-electron chi connectivity index (χ1n) is 14.8. The zero-order valence-corrected chi connectivity index (χ0v) is 25.6. The van der Waals surface area contributed by atoms with Crippen LogP contribution in [0.5, 0.6) is 17.2 Å². The number of unbranched alkanes of at least 4 members (excludes halogenated alkanes) is 1. The summed E-state index contributed by atoms with van der Waals surface area (Å²) >= 11 is 0. The second-order valence-corrected chi connectivity index (χ2v) is 12.4. The van der Waals surface area contributed by atoms with Crippen molar-refractivity contribution in [1.82, 2.24) is 14.9 Å². The fraction of sp³-hybridized carbons (Fsp3) is 0.457. The Balaban J connectivity index is 1.59. The highest BCUT2D eigenvalue weighted by atomic mass is 16.5. The van der Waals surface area contributed by atoms with Crippen molar-refractivity contribution in [2.24, 2.45) is 0 Å². The van der Waals surface area contributed by atoms with Gasteiger partial charge < -0.3 is 19.4 Å². The van der Waals surface area contributed by atoms with E-state index >= 15 is 0 Å². The van der Waals surface area contributed by atoms with Gasteiger partial charge in [-0.1, -0.05) is 72.2 Å². The molecule has 0 aliphatic rings. The van der Waals surface area contributed by atoms with E-state index in [9.17, 15) is 0 Å². The third-order valence-corrected chi connectivity index (χ3v) is 7.14. The van der Waals surface area contributed by atoms with Crippen LogP contribution in [0.2, 0.25) is 0 Å². The monoisotopic (exact) mass is 541 g/mol. The molecular weight excluding hydrogens is 494 g/mol. The lowest BCUT2D eigenvalue weighted by atomic mass is 9.87. The molecule has 0 aliphatic carbocycles. The molecule has 40 heavy (non-hydrogen) atoms. The Bertz CT molecular complexity index is 1380. The molecule has 2 atom stereocenters. The molecule has 0 saturated heterocycles. The van der Waals surface area contributed by atoms with Crippen LogP contribution < -0.4 is 14.8 Å². The van der Waals surface area contributed by atoms with Crippen molar-refractivity contribution in [1.29, 1.82) is 0 Å². The second-order valence-electron chi connectivity index (χ2n) is 12.4. The maximum absolute atomic E-state index is 6.36. The number of aryl methyl sites for hydroxylation is 1. The fourth-order valence-corrected chi connectivity index (χ4v) is 5.21. The fourth-order valence-electron chi connectivity index (χ4n) is 5.21. The van der Waals surface area contributed by atoms with Gasteiger partial charge in [0, 0.05) is 30.3 Å². The lowest BCUT2D eigenvalue weighted by Gasteiger charge is -2.22. The van der Waals surface area contributed by atoms with E-state index in [1.165, 1.54) is 5.56 Å². The predicted molar refractivity (Wildman–Crippen MR) is 168 cm³/mol. The van der Waals surface area contributed by atoms with Gasteiger partial charge in [-0.15, -0.1) is 0 Å². The summed E-state index contributed by atoms with van der Waals surface area (Å²) < 4.78 is 15.0. The largest absolute Gasteiger partial charge is 0.491 e. The van der Waals surface area contributed by atoms with E-state index in [2.05, 4.69) is 102 Å². The molecule has 0 bridgehead atoms. The molecule has 5 heteroatoms. The van der Waals surface area contributed by atoms with E-state index in [0.717, 1.165) is 65.5 Å². The van der Waals surface area contributed by atoms with E-state index in [0.29, 0.717) is 12.1 Å². The van der Waals surface area contributed by atoms with Gasteiger partial charge in [-0.05, 0) is 74.1 Å². The molecule has 0 aliphatic heterocycles. The van der Waals surface area contributed by atoms with E-state index < -0.39 is 0 Å². The maximum Gasteiger partial charge on any atom is 0.141 e. The molecule has 4 aromatic rings. The molecule has 0 amide bonds. The van der Waals surface area contributed by atoms with Crippen LogP contribution in [0.15, 0.2) is 66.7 Å². The SMILES string of the molecule is CCCCn1c(-c2cccc(Oc3ccc(C(C)(C)C)cc3)c2)nc2ccc(OC(C)CC(C)NC(C)C)cc21. The Morgan fingerprint density at radius 1 is 0.875 bits per heavy atom. The Kier molecular flexibility index (Phi) is 9.57. The number of nitrogens with one attached hydrogen (secondary N) is 1. The Hall–Kier alpha value is -3.31. The number of hydrogen-bond donors (Lipinski definition) is 1. The summed E-state index contributed by atoms with van der Waals surface area (Å²) in [6, 6.07) is 23.8. The summed E-state index contributed by atoms with van der Waals surface area (Å²) in [5.41, 5.74) is 4.52. The van der Waals surface area contributed by atoms with Gasteiger partial charge in [0.25, 0.3) is 0 Å². The molecule has 0 saturated carbocycles. The molecule has 1 aromatic heterocycles. The highest BCUT2D eigenvalue weighted by Gasteiger charge is 2.17. The minimum Gasteiger partial charge on any atom is -0.491 e. The maximum atomic E-state index is 6.36. The molecule has 5 nitrogen and oxygen atoms in total. The first-order chi connectivity index (χ1) is 19.0. The first kappa shape index (κ1) is 29.7. The smallest absolute Gasteiger partial charge is 0.141 e. The number of imidazole rings is 1. The van der Waals surface area contributed by atoms with E-state index in [1.54, 1.807) is 0 Å². The van der Waals surface area contributed by atoms with Crippen molar-refractivity contribution >= 4 is 11.0 Å². The van der Waals surface area contributed by atoms with E-state index in [-0.39, 0.29) is 11.5 Å². The third kappa shape index (κ3) is 7.66. The van der Waals surface area contributed by atoms with Gasteiger partial charge >= 0.3 is 0 Å². The zero-order valence-electron chi connectivity index (χ0n) is 25.6. The quantitative estimate of drug-likeness (QED) is 0.194. The first-order valence-corrected chi connectivity index (χ1v) is 14.8. The molecule has 0 spiro atoms. The highest BCUT2D eigenvalue weighted by Crippen LogP contribution is 2.32. The van der Waals surface area contributed by atoms with Crippen LogP contribution in [0, 0.1) is 0 Å². The minimum absolute atomic E-state index is 0.108. The minimum atomic E-state index is 0.108. The van der Waals surface area contributed by atoms with E-state index in [4.69, 9.17) is 14.5 Å². The van der Waals surface area contributed by atoms with Gasteiger partial charge in [0.1, 0.15) is 23.1 Å². The van der Waals surface area contributed by atoms with Gasteiger partial charge in [0.05, 0.1) is 17.1 Å². The molecule has 1 heterocycles. The van der Waals surface area contributed by atoms with Crippen molar-refractivity contribution < 1.29 is 9.47 Å². The van der Waals surface area contributed by atoms with Crippen molar-refractivity contribution in [3.8, 4) is 28.6 Å². The van der Waals surface area contributed by atoms with Crippen LogP contribution >= 0.6 is 0 Å². The van der Waals surface area contributed by atoms with E-state index in [1.807, 2.05) is 30.3 Å². The summed E-state index contributed by atoms with van der Waals surface area (Å²) in [5.74, 6) is 3.48. The van der Waals surface area contributed by atoms with Gasteiger partial charge in [0.15, 0.2) is 0 Å². The molecule has 2 unspecified atom stereocenters. The van der Waals surface area contributed by atoms with Crippen LogP contribution in [-0.4, -0.2) is 27.7 Å². The van der Waals surface area contributed by atoms with Gasteiger partial charge in [0.2, 0.25) is 0 Å². The van der Waals surface area contributed by atoms with Crippen molar-refractivity contribution in [3.63, 3.8) is 0 Å². The van der Waals surface area contributed by atoms with Crippen LogP contribution in [0.25, 0.3) is 22.4 Å². The predicted octanol–water partition coefficient (Wildman–Crippen LogP) is 9.14. The highest BCUT2D eigenvalue weighted by molar-refractivity contribution is 5.82. The summed E-state index contributed by atoms with van der Waals surface area (Å²) in [5, 5.41) is 3.57. The number of benzene rings is 3. The normalized spacial score (nSPS) is 13.5. The standard InChI is InChI=1S/C35H47N3O2/c1-9-10-20-38-33-23-31(39-26(5)21-25(4)36-24(2)3)18-19-32(33)37-34(38)27-12-11-13-30(22-27)40-29-16-14-28(15-17-29)35(6,7)8/h11-19,22-26,36H,9-10,20-21H2,1-8H3. The molecule has 3 aromatic carbocycles. The lowest BCUT2D eigenvalue weighted by molar-refractivity contribution is 0.194. The molecule has 4 rings (SSSR count). The molecule has 0 fully saturated rings.